The third kappa shape index (κ3) is 3.62. The number of fused-ring (bicyclic) bond motifs is 1. The van der Waals surface area contributed by atoms with Gasteiger partial charge in [0, 0.05) is 12.8 Å². The number of aryl methyl sites for hydroxylation is 2. The van der Waals surface area contributed by atoms with Gasteiger partial charge in [0.25, 0.3) is 0 Å². The van der Waals surface area contributed by atoms with E-state index < -0.39 is 0 Å². The fourth-order valence-corrected chi connectivity index (χ4v) is 3.53. The smallest absolute Gasteiger partial charge is 0.348 e. The van der Waals surface area contributed by atoms with Crippen LogP contribution >= 0.6 is 11.3 Å². The number of hydrogen-bond acceptors (Lipinski definition) is 7. The average Bonchev–Trinajstić information content (AvgIpc) is 2.95. The van der Waals surface area contributed by atoms with Gasteiger partial charge in [0.15, 0.2) is 0 Å². The Morgan fingerprint density at radius 3 is 2.76 bits per heavy atom. The first-order valence-electron chi connectivity index (χ1n) is 7.84. The fraction of sp³-hybridized carbons (Fsp3) is 0.278. The van der Waals surface area contributed by atoms with Gasteiger partial charge in [-0.25, -0.2) is 14.8 Å². The average molecular weight is 357 g/mol. The van der Waals surface area contributed by atoms with Crippen molar-refractivity contribution in [2.45, 2.75) is 13.8 Å². The second-order valence-corrected chi connectivity index (χ2v) is 6.53. The lowest BCUT2D eigenvalue weighted by molar-refractivity contribution is 0.0393. The zero-order valence-electron chi connectivity index (χ0n) is 14.3. The molecule has 25 heavy (non-hydrogen) atoms. The van der Waals surface area contributed by atoms with E-state index in [1.165, 1.54) is 17.7 Å². The Balaban J connectivity index is 1.96. The number of esters is 1. The van der Waals surface area contributed by atoms with Crippen molar-refractivity contribution in [3.8, 4) is 0 Å². The summed E-state index contributed by atoms with van der Waals surface area (Å²) in [6, 6.07) is 7.97. The highest BCUT2D eigenvalue weighted by molar-refractivity contribution is 7.20. The summed E-state index contributed by atoms with van der Waals surface area (Å²) in [6.45, 7) is 4.51. The first-order valence-corrected chi connectivity index (χ1v) is 8.66. The molecule has 3 aromatic rings. The number of aromatic nitrogens is 2. The van der Waals surface area contributed by atoms with E-state index in [-0.39, 0.29) is 12.6 Å². The summed E-state index contributed by atoms with van der Waals surface area (Å²) in [6.07, 6.45) is 1.50. The molecular formula is C18H19N3O3S. The van der Waals surface area contributed by atoms with Crippen molar-refractivity contribution in [1.29, 1.82) is 0 Å². The van der Waals surface area contributed by atoms with Crippen LogP contribution in [0.5, 0.6) is 0 Å². The van der Waals surface area contributed by atoms with Gasteiger partial charge in [-0.15, -0.1) is 11.3 Å². The number of nitrogens with zero attached hydrogens (tertiary/aromatic N) is 2. The van der Waals surface area contributed by atoms with Gasteiger partial charge < -0.3 is 14.8 Å². The van der Waals surface area contributed by atoms with Gasteiger partial charge in [-0.05, 0) is 31.0 Å². The lowest BCUT2D eigenvalue weighted by Crippen LogP contribution is -2.09. The molecule has 130 valence electrons. The van der Waals surface area contributed by atoms with Crippen LogP contribution in [-0.2, 0) is 9.47 Å². The lowest BCUT2D eigenvalue weighted by atomic mass is 10.1. The number of nitrogens with one attached hydrogen (secondary N) is 1. The van der Waals surface area contributed by atoms with Gasteiger partial charge in [-0.2, -0.15) is 0 Å². The Kier molecular flexibility index (Phi) is 5.25. The number of carbonyl (C=O) groups is 1. The molecule has 0 aliphatic rings. The molecule has 0 aliphatic heterocycles. The van der Waals surface area contributed by atoms with E-state index in [1.807, 2.05) is 38.1 Å². The van der Waals surface area contributed by atoms with Crippen molar-refractivity contribution < 1.29 is 14.3 Å². The SMILES string of the molecule is COCCOC(=O)c1sc2ncnc(Nc3ccccc3C)c2c1C. The molecule has 0 amide bonds. The summed E-state index contributed by atoms with van der Waals surface area (Å²) in [5.41, 5.74) is 2.90. The highest BCUT2D eigenvalue weighted by Gasteiger charge is 2.20. The van der Waals surface area contributed by atoms with Crippen LogP contribution in [0.4, 0.5) is 11.5 Å². The van der Waals surface area contributed by atoms with Crippen molar-refractivity contribution in [2.24, 2.45) is 0 Å². The van der Waals surface area contributed by atoms with Gasteiger partial charge in [0.2, 0.25) is 0 Å². The van der Waals surface area contributed by atoms with Crippen molar-refractivity contribution in [3.05, 3.63) is 46.6 Å². The van der Waals surface area contributed by atoms with Crippen molar-refractivity contribution in [3.63, 3.8) is 0 Å². The molecule has 2 aromatic heterocycles. The van der Waals surface area contributed by atoms with Crippen LogP contribution in [-0.4, -0.2) is 36.3 Å². The number of methoxy groups -OCH3 is 1. The number of rotatable bonds is 6. The molecule has 1 aromatic carbocycles. The largest absolute Gasteiger partial charge is 0.459 e. The number of ether oxygens (including phenoxy) is 2. The van der Waals surface area contributed by atoms with Crippen LogP contribution in [0.2, 0.25) is 0 Å². The van der Waals surface area contributed by atoms with Crippen molar-refractivity contribution >= 4 is 39.0 Å². The predicted octanol–water partition coefficient (Wildman–Crippen LogP) is 3.85. The van der Waals surface area contributed by atoms with Gasteiger partial charge in [0.05, 0.1) is 12.0 Å². The van der Waals surface area contributed by atoms with Crippen molar-refractivity contribution in [1.82, 2.24) is 9.97 Å². The molecule has 0 aliphatic carbocycles. The Morgan fingerprint density at radius 2 is 2.00 bits per heavy atom. The van der Waals surface area contributed by atoms with Gasteiger partial charge in [-0.3, -0.25) is 0 Å². The quantitative estimate of drug-likeness (QED) is 0.533. The first-order chi connectivity index (χ1) is 12.1. The van der Waals surface area contributed by atoms with E-state index in [0.717, 1.165) is 27.0 Å². The van der Waals surface area contributed by atoms with Crippen LogP contribution < -0.4 is 5.32 Å². The maximum atomic E-state index is 12.3. The second-order valence-electron chi connectivity index (χ2n) is 5.53. The Bertz CT molecular complexity index is 908. The molecule has 0 unspecified atom stereocenters. The summed E-state index contributed by atoms with van der Waals surface area (Å²) in [5, 5.41) is 4.19. The number of anilines is 2. The molecule has 0 radical (unpaired) electrons. The number of benzene rings is 1. The molecule has 7 heteroatoms. The summed E-state index contributed by atoms with van der Waals surface area (Å²) in [5.74, 6) is 0.323. The van der Waals surface area contributed by atoms with Crippen LogP contribution in [0.1, 0.15) is 20.8 Å². The summed E-state index contributed by atoms with van der Waals surface area (Å²) >= 11 is 1.31. The summed E-state index contributed by atoms with van der Waals surface area (Å²) in [4.78, 5) is 22.3. The molecular weight excluding hydrogens is 338 g/mol. The molecule has 0 saturated heterocycles. The van der Waals surface area contributed by atoms with Crippen LogP contribution in [0.3, 0.4) is 0 Å². The Labute approximate surface area is 149 Å². The zero-order chi connectivity index (χ0) is 17.8. The van der Waals surface area contributed by atoms with E-state index >= 15 is 0 Å². The van der Waals surface area contributed by atoms with Gasteiger partial charge >= 0.3 is 5.97 Å². The lowest BCUT2D eigenvalue weighted by Gasteiger charge is -2.09. The minimum absolute atomic E-state index is 0.225. The van der Waals surface area contributed by atoms with E-state index in [0.29, 0.717) is 17.3 Å². The molecule has 0 saturated carbocycles. The molecule has 2 heterocycles. The van der Waals surface area contributed by atoms with Crippen LogP contribution in [0.15, 0.2) is 30.6 Å². The number of hydrogen-bond donors (Lipinski definition) is 1. The topological polar surface area (TPSA) is 73.3 Å². The summed E-state index contributed by atoms with van der Waals surface area (Å²) in [7, 11) is 1.57. The molecule has 0 spiro atoms. The van der Waals surface area contributed by atoms with E-state index in [9.17, 15) is 4.79 Å². The summed E-state index contributed by atoms with van der Waals surface area (Å²) < 4.78 is 10.1. The van der Waals surface area contributed by atoms with Crippen LogP contribution in [0.25, 0.3) is 10.2 Å². The minimum Gasteiger partial charge on any atom is -0.459 e. The third-order valence-electron chi connectivity index (χ3n) is 3.83. The van der Waals surface area contributed by atoms with E-state index in [4.69, 9.17) is 9.47 Å². The molecule has 1 N–H and O–H groups in total. The number of carbonyl (C=O) groups excluding carboxylic acids is 1. The Hall–Kier alpha value is -2.51. The molecule has 0 fully saturated rings. The molecule has 0 atom stereocenters. The number of thiophene rings is 1. The fourth-order valence-electron chi connectivity index (χ4n) is 2.49. The normalized spacial score (nSPS) is 10.8. The molecule has 6 nitrogen and oxygen atoms in total. The number of para-hydroxylation sites is 1. The monoisotopic (exact) mass is 357 g/mol. The maximum absolute atomic E-state index is 12.3. The van der Waals surface area contributed by atoms with Gasteiger partial charge in [-0.1, -0.05) is 18.2 Å². The first kappa shape index (κ1) is 17.3. The van der Waals surface area contributed by atoms with Crippen LogP contribution in [0, 0.1) is 13.8 Å². The minimum atomic E-state index is -0.362. The van der Waals surface area contributed by atoms with Gasteiger partial charge in [0.1, 0.15) is 28.5 Å². The van der Waals surface area contributed by atoms with E-state index in [2.05, 4.69) is 15.3 Å². The highest BCUT2D eigenvalue weighted by Crippen LogP contribution is 2.35. The molecule has 3 rings (SSSR count). The van der Waals surface area contributed by atoms with Crippen molar-refractivity contribution in [2.75, 3.05) is 25.6 Å². The Morgan fingerprint density at radius 1 is 1.20 bits per heavy atom. The highest BCUT2D eigenvalue weighted by atomic mass is 32.1. The standard InChI is InChI=1S/C18H19N3O3S/c1-11-6-4-5-7-13(11)21-16-14-12(2)15(18(22)24-9-8-23-3)25-17(14)20-10-19-16/h4-7,10H,8-9H2,1-3H3,(H,19,20,21). The third-order valence-corrected chi connectivity index (χ3v) is 5.01. The maximum Gasteiger partial charge on any atom is 0.348 e. The molecule has 0 bridgehead atoms. The predicted molar refractivity (Wildman–Crippen MR) is 98.8 cm³/mol. The zero-order valence-corrected chi connectivity index (χ0v) is 15.1. The van der Waals surface area contributed by atoms with E-state index in [1.54, 1.807) is 7.11 Å². The second kappa shape index (κ2) is 7.58.